The molecule has 0 aromatic carbocycles. The minimum absolute atomic E-state index is 0.306. The van der Waals surface area contributed by atoms with E-state index in [1.165, 1.54) is 0 Å². The van der Waals surface area contributed by atoms with Crippen molar-refractivity contribution in [3.05, 3.63) is 0 Å². The Morgan fingerprint density at radius 3 is 2.71 bits per heavy atom. The van der Waals surface area contributed by atoms with Gasteiger partial charge in [0.05, 0.1) is 5.55 Å². The molecule has 0 saturated carbocycles. The van der Waals surface area contributed by atoms with Crippen molar-refractivity contribution in [2.24, 2.45) is 5.10 Å². The Morgan fingerprint density at radius 2 is 2.57 bits per heavy atom. The summed E-state index contributed by atoms with van der Waals surface area (Å²) in [6.07, 6.45) is 0. The van der Waals surface area contributed by atoms with Crippen LogP contribution in [0.1, 0.15) is 0 Å². The van der Waals surface area contributed by atoms with Gasteiger partial charge in [0.1, 0.15) is 0 Å². The molecule has 38 valence electrons. The standard InChI is InChI=1S/C2H2N2S3/c5-2-4-3-1-7(2)6/h1H,(H,4,5). The van der Waals surface area contributed by atoms with Gasteiger partial charge in [0.15, 0.2) is 4.32 Å². The summed E-state index contributed by atoms with van der Waals surface area (Å²) in [4.78, 5) is 0. The lowest BCUT2D eigenvalue weighted by atomic mass is 11.5. The van der Waals surface area contributed by atoms with Crippen LogP contribution in [0.3, 0.4) is 0 Å². The highest BCUT2D eigenvalue weighted by molar-refractivity contribution is 8.48. The maximum atomic E-state index is 4.80. The molecule has 1 rings (SSSR count). The van der Waals surface area contributed by atoms with Gasteiger partial charge in [-0.2, -0.15) is 5.10 Å². The highest BCUT2D eigenvalue weighted by atomic mass is 32.8. The van der Waals surface area contributed by atoms with Crippen LogP contribution in [0, 0.1) is 0 Å². The Kier molecular flexibility index (Phi) is 1.46. The van der Waals surface area contributed by atoms with Crippen LogP contribution in [0.4, 0.5) is 0 Å². The molecule has 0 aliphatic carbocycles. The molecule has 0 bridgehead atoms. The van der Waals surface area contributed by atoms with Gasteiger partial charge in [-0.1, -0.05) is 12.2 Å². The van der Waals surface area contributed by atoms with Gasteiger partial charge in [-0.3, -0.25) is 5.43 Å². The molecule has 1 heterocycles. The highest BCUT2D eigenvalue weighted by Crippen LogP contribution is 1.87. The molecule has 0 saturated heterocycles. The van der Waals surface area contributed by atoms with E-state index in [0.717, 1.165) is 0 Å². The molecule has 0 fully saturated rings. The Bertz CT molecular complexity index is 149. The zero-order valence-electron chi connectivity index (χ0n) is 3.25. The van der Waals surface area contributed by atoms with Gasteiger partial charge in [-0.15, -0.1) is 0 Å². The number of nitrogens with zero attached hydrogens (tertiary/aromatic N) is 1. The molecule has 7 heavy (non-hydrogen) atoms. The smallest absolute Gasteiger partial charge is 0.163 e. The third kappa shape index (κ3) is 1.02. The third-order valence-electron chi connectivity index (χ3n) is 0.487. The van der Waals surface area contributed by atoms with Gasteiger partial charge in [0.2, 0.25) is 0 Å². The van der Waals surface area contributed by atoms with Crippen molar-refractivity contribution in [1.29, 1.82) is 0 Å². The first kappa shape index (κ1) is 5.27. The van der Waals surface area contributed by atoms with Crippen molar-refractivity contribution >= 4 is 42.7 Å². The van der Waals surface area contributed by atoms with Crippen LogP contribution in [-0.4, -0.2) is 9.87 Å². The average Bonchev–Trinajstić information content (AvgIpc) is 1.91. The fourth-order valence-electron chi connectivity index (χ4n) is 0.220. The van der Waals surface area contributed by atoms with Crippen molar-refractivity contribution in [3.8, 4) is 0 Å². The summed E-state index contributed by atoms with van der Waals surface area (Å²) >= 11 is 9.51. The van der Waals surface area contributed by atoms with E-state index < -0.39 is 0 Å². The van der Waals surface area contributed by atoms with E-state index in [2.05, 4.69) is 10.5 Å². The van der Waals surface area contributed by atoms with Crippen molar-refractivity contribution in [2.75, 3.05) is 0 Å². The van der Waals surface area contributed by atoms with Crippen LogP contribution in [-0.2, 0) is 20.6 Å². The van der Waals surface area contributed by atoms with Gasteiger partial charge in [0, 0.05) is 0 Å². The second kappa shape index (κ2) is 1.94. The largest absolute Gasteiger partial charge is 0.261 e. The van der Waals surface area contributed by atoms with E-state index in [1.54, 1.807) is 5.55 Å². The predicted molar refractivity (Wildman–Crippen MR) is 39.0 cm³/mol. The fraction of sp³-hybridized carbons (Fsp3) is 0. The Labute approximate surface area is 53.6 Å². The lowest BCUT2D eigenvalue weighted by Crippen LogP contribution is -2.10. The first-order valence-corrected chi connectivity index (χ1v) is 4.16. The van der Waals surface area contributed by atoms with E-state index in [4.69, 9.17) is 23.4 Å². The summed E-state index contributed by atoms with van der Waals surface area (Å²) in [5.41, 5.74) is 4.21. The van der Waals surface area contributed by atoms with Gasteiger partial charge in [0.25, 0.3) is 0 Å². The molecule has 0 radical (unpaired) electrons. The molecule has 1 unspecified atom stereocenters. The summed E-state index contributed by atoms with van der Waals surface area (Å²) in [6.45, 7) is 0. The Morgan fingerprint density at radius 1 is 1.86 bits per heavy atom. The summed E-state index contributed by atoms with van der Waals surface area (Å²) in [5.74, 6) is 0. The fourth-order valence-corrected chi connectivity index (χ4v) is 1.03. The van der Waals surface area contributed by atoms with Crippen molar-refractivity contribution < 1.29 is 0 Å². The Balaban J connectivity index is 2.81. The molecular formula is C2H2N2S3. The molecule has 5 heteroatoms. The number of hydrogen-bond acceptors (Lipinski definition) is 3. The van der Waals surface area contributed by atoms with Gasteiger partial charge in [-0.05, 0) is 20.6 Å². The lowest BCUT2D eigenvalue weighted by molar-refractivity contribution is 1.09. The van der Waals surface area contributed by atoms with Crippen LogP contribution in [0.15, 0.2) is 5.10 Å². The molecule has 2 nitrogen and oxygen atoms in total. The number of thiocarbonyl (C=S) groups is 1. The van der Waals surface area contributed by atoms with Crippen LogP contribution in [0.2, 0.25) is 0 Å². The van der Waals surface area contributed by atoms with Crippen molar-refractivity contribution in [3.63, 3.8) is 0 Å². The van der Waals surface area contributed by atoms with E-state index in [0.29, 0.717) is 4.32 Å². The topological polar surface area (TPSA) is 24.4 Å². The summed E-state index contributed by atoms with van der Waals surface area (Å²) in [7, 11) is -0.306. The summed E-state index contributed by atoms with van der Waals surface area (Å²) in [6, 6.07) is 0. The van der Waals surface area contributed by atoms with Crippen LogP contribution in [0.25, 0.3) is 0 Å². The quantitative estimate of drug-likeness (QED) is 0.488. The summed E-state index contributed by atoms with van der Waals surface area (Å²) in [5, 5.41) is 3.64. The molecule has 1 aliphatic rings. The Hall–Kier alpha value is 0.130. The second-order valence-corrected chi connectivity index (χ2v) is 3.89. The highest BCUT2D eigenvalue weighted by Gasteiger charge is 2.02. The van der Waals surface area contributed by atoms with Gasteiger partial charge in [-0.25, -0.2) is 0 Å². The summed E-state index contributed by atoms with van der Waals surface area (Å²) < 4.78 is 0.662. The number of rotatable bonds is 0. The zero-order chi connectivity index (χ0) is 5.28. The van der Waals surface area contributed by atoms with E-state index in [9.17, 15) is 0 Å². The molecule has 1 atom stereocenters. The van der Waals surface area contributed by atoms with E-state index >= 15 is 0 Å². The molecule has 0 aromatic rings. The number of hydrazone groups is 1. The van der Waals surface area contributed by atoms with Crippen LogP contribution >= 0.6 is 12.2 Å². The molecular weight excluding hydrogens is 148 g/mol. The first-order chi connectivity index (χ1) is 3.30. The van der Waals surface area contributed by atoms with Crippen molar-refractivity contribution in [1.82, 2.24) is 5.43 Å². The molecule has 1 N–H and O–H groups in total. The molecule has 0 spiro atoms. The van der Waals surface area contributed by atoms with Gasteiger partial charge < -0.3 is 0 Å². The van der Waals surface area contributed by atoms with Crippen molar-refractivity contribution in [2.45, 2.75) is 0 Å². The number of nitrogens with one attached hydrogen (secondary N) is 1. The lowest BCUT2D eigenvalue weighted by Gasteiger charge is -1.84. The third-order valence-corrected chi connectivity index (χ3v) is 2.95. The zero-order valence-corrected chi connectivity index (χ0v) is 5.70. The van der Waals surface area contributed by atoms with Crippen LogP contribution < -0.4 is 5.43 Å². The monoisotopic (exact) mass is 150 g/mol. The minimum atomic E-state index is -0.306. The van der Waals surface area contributed by atoms with E-state index in [1.807, 2.05) is 0 Å². The maximum Gasteiger partial charge on any atom is 0.163 e. The minimum Gasteiger partial charge on any atom is -0.261 e. The SMILES string of the molecule is S=C1NN=CS1=S. The average molecular weight is 150 g/mol. The maximum absolute atomic E-state index is 4.80. The molecule has 1 aliphatic heterocycles. The predicted octanol–water partition coefficient (Wildman–Crippen LogP) is -0.102. The normalized spacial score (nSPS) is 28.0. The second-order valence-electron chi connectivity index (χ2n) is 0.931. The molecule has 0 aromatic heterocycles. The van der Waals surface area contributed by atoms with E-state index in [-0.39, 0.29) is 9.45 Å². The number of hydrogen-bond donors (Lipinski definition) is 1. The first-order valence-electron chi connectivity index (χ1n) is 1.54. The molecule has 0 amide bonds. The van der Waals surface area contributed by atoms with Gasteiger partial charge >= 0.3 is 0 Å². The van der Waals surface area contributed by atoms with Crippen LogP contribution in [0.5, 0.6) is 0 Å².